The molecule has 0 spiro atoms. The molecule has 2 saturated heterocycles. The van der Waals surface area contributed by atoms with Crippen LogP contribution in [0.4, 0.5) is 15.9 Å². The Labute approximate surface area is 179 Å². The number of furan rings is 1. The number of hydrogen-bond donors (Lipinski definition) is 0. The molecule has 162 valence electrons. The summed E-state index contributed by atoms with van der Waals surface area (Å²) in [7, 11) is 0. The summed E-state index contributed by atoms with van der Waals surface area (Å²) in [6.45, 7) is 6.96. The highest BCUT2D eigenvalue weighted by Crippen LogP contribution is 2.32. The van der Waals surface area contributed by atoms with Gasteiger partial charge in [0.1, 0.15) is 23.7 Å². The zero-order valence-electron chi connectivity index (χ0n) is 17.4. The predicted molar refractivity (Wildman–Crippen MR) is 114 cm³/mol. The smallest absolute Gasteiger partial charge is 0.258 e. The van der Waals surface area contributed by atoms with Crippen LogP contribution in [0.2, 0.25) is 0 Å². The van der Waals surface area contributed by atoms with Crippen LogP contribution in [0.15, 0.2) is 35.0 Å². The molecule has 31 heavy (non-hydrogen) atoms. The largest absolute Gasteiger partial charge is 0.442 e. The van der Waals surface area contributed by atoms with Gasteiger partial charge in [-0.3, -0.25) is 4.79 Å². The Morgan fingerprint density at radius 2 is 1.68 bits per heavy atom. The van der Waals surface area contributed by atoms with E-state index < -0.39 is 0 Å². The Kier molecular flexibility index (Phi) is 5.19. The molecule has 0 saturated carbocycles. The van der Waals surface area contributed by atoms with Crippen LogP contribution >= 0.6 is 0 Å². The monoisotopic (exact) mass is 425 g/mol. The number of morpholine rings is 1. The summed E-state index contributed by atoms with van der Waals surface area (Å²) in [6.07, 6.45) is 1.48. The molecule has 4 heterocycles. The maximum absolute atomic E-state index is 13.5. The third-order valence-electron chi connectivity index (χ3n) is 5.93. The molecular weight excluding hydrogens is 401 g/mol. The van der Waals surface area contributed by atoms with Gasteiger partial charge in [-0.2, -0.15) is 0 Å². The number of benzene rings is 1. The van der Waals surface area contributed by atoms with Crippen LogP contribution in [0.1, 0.15) is 16.1 Å². The molecule has 1 amide bonds. The molecule has 9 heteroatoms. The molecule has 0 bridgehead atoms. The number of carbonyl (C=O) groups is 1. The summed E-state index contributed by atoms with van der Waals surface area (Å²) < 4.78 is 24.5. The lowest BCUT2D eigenvalue weighted by Gasteiger charge is -2.36. The average Bonchev–Trinajstić information content (AvgIpc) is 3.15. The van der Waals surface area contributed by atoms with Crippen molar-refractivity contribution in [2.24, 2.45) is 0 Å². The van der Waals surface area contributed by atoms with E-state index in [1.807, 2.05) is 4.90 Å². The second-order valence-electron chi connectivity index (χ2n) is 7.77. The van der Waals surface area contributed by atoms with E-state index in [4.69, 9.17) is 9.15 Å². The van der Waals surface area contributed by atoms with Gasteiger partial charge < -0.3 is 23.9 Å². The number of anilines is 2. The van der Waals surface area contributed by atoms with Gasteiger partial charge in [0.15, 0.2) is 0 Å². The summed E-state index contributed by atoms with van der Waals surface area (Å²) in [6, 6.07) is 6.46. The molecule has 2 aromatic heterocycles. The van der Waals surface area contributed by atoms with E-state index in [9.17, 15) is 9.18 Å². The molecule has 0 aliphatic carbocycles. The van der Waals surface area contributed by atoms with Crippen molar-refractivity contribution in [1.29, 1.82) is 0 Å². The van der Waals surface area contributed by atoms with Crippen molar-refractivity contribution in [3.05, 3.63) is 47.7 Å². The predicted octanol–water partition coefficient (Wildman–Crippen LogP) is 2.47. The SMILES string of the molecule is Cc1oc2ncnc(N3CCOCC3)c2c1C(=O)N1CCN(c2ccc(F)cc2)CC1. The van der Waals surface area contributed by atoms with Crippen LogP contribution in [0.25, 0.3) is 11.1 Å². The van der Waals surface area contributed by atoms with Gasteiger partial charge in [-0.1, -0.05) is 0 Å². The highest BCUT2D eigenvalue weighted by Gasteiger charge is 2.30. The maximum atomic E-state index is 13.5. The lowest BCUT2D eigenvalue weighted by molar-refractivity contribution is 0.0746. The summed E-state index contributed by atoms with van der Waals surface area (Å²) in [5.41, 5.74) is 1.93. The standard InChI is InChI=1S/C22H24FN5O3/c1-15-18(19-20(24-14-25-21(19)31-15)27-10-12-30-13-11-27)22(29)28-8-6-26(7-9-28)17-4-2-16(23)3-5-17/h2-5,14H,6-13H2,1H3. The summed E-state index contributed by atoms with van der Waals surface area (Å²) in [4.78, 5) is 28.4. The first-order chi connectivity index (χ1) is 15.1. The Bertz CT molecular complexity index is 1090. The van der Waals surface area contributed by atoms with Gasteiger partial charge in [-0.05, 0) is 31.2 Å². The van der Waals surface area contributed by atoms with Gasteiger partial charge in [0.05, 0.1) is 24.2 Å². The van der Waals surface area contributed by atoms with Crippen molar-refractivity contribution in [2.45, 2.75) is 6.92 Å². The molecule has 2 fully saturated rings. The van der Waals surface area contributed by atoms with Crippen molar-refractivity contribution in [2.75, 3.05) is 62.3 Å². The van der Waals surface area contributed by atoms with Crippen molar-refractivity contribution in [1.82, 2.24) is 14.9 Å². The van der Waals surface area contributed by atoms with Crippen LogP contribution in [0.3, 0.4) is 0 Å². The number of rotatable bonds is 3. The fourth-order valence-electron chi connectivity index (χ4n) is 4.28. The molecular formula is C22H24FN5O3. The second kappa shape index (κ2) is 8.14. The van der Waals surface area contributed by atoms with Crippen LogP contribution in [-0.4, -0.2) is 73.3 Å². The van der Waals surface area contributed by atoms with Gasteiger partial charge in [0.25, 0.3) is 5.91 Å². The van der Waals surface area contributed by atoms with Crippen LogP contribution in [0, 0.1) is 12.7 Å². The number of nitrogens with zero attached hydrogens (tertiary/aromatic N) is 5. The number of aryl methyl sites for hydroxylation is 1. The van der Waals surface area contributed by atoms with Crippen molar-refractivity contribution >= 4 is 28.5 Å². The number of amides is 1. The minimum Gasteiger partial charge on any atom is -0.442 e. The minimum atomic E-state index is -0.252. The number of hydrogen-bond acceptors (Lipinski definition) is 7. The third-order valence-corrected chi connectivity index (χ3v) is 5.93. The van der Waals surface area contributed by atoms with E-state index >= 15 is 0 Å². The molecule has 2 aliphatic rings. The number of piperazine rings is 1. The molecule has 0 radical (unpaired) electrons. The van der Waals surface area contributed by atoms with Crippen molar-refractivity contribution in [3.63, 3.8) is 0 Å². The molecule has 3 aromatic rings. The molecule has 0 unspecified atom stereocenters. The number of aromatic nitrogens is 2. The van der Waals surface area contributed by atoms with E-state index in [2.05, 4.69) is 19.8 Å². The quantitative estimate of drug-likeness (QED) is 0.638. The highest BCUT2D eigenvalue weighted by atomic mass is 19.1. The molecule has 0 atom stereocenters. The molecule has 1 aromatic carbocycles. The third kappa shape index (κ3) is 3.69. The van der Waals surface area contributed by atoms with Gasteiger partial charge in [-0.25, -0.2) is 14.4 Å². The summed E-state index contributed by atoms with van der Waals surface area (Å²) in [5, 5.41) is 0.674. The normalized spacial score (nSPS) is 17.4. The second-order valence-corrected chi connectivity index (χ2v) is 7.77. The van der Waals surface area contributed by atoms with E-state index in [-0.39, 0.29) is 11.7 Å². The first kappa shape index (κ1) is 19.7. The summed E-state index contributed by atoms with van der Waals surface area (Å²) >= 11 is 0. The Balaban J connectivity index is 1.40. The van der Waals surface area contributed by atoms with E-state index in [0.717, 1.165) is 11.5 Å². The minimum absolute atomic E-state index is 0.0701. The Morgan fingerprint density at radius 1 is 0.968 bits per heavy atom. The lowest BCUT2D eigenvalue weighted by atomic mass is 10.1. The molecule has 2 aliphatic heterocycles. The van der Waals surface area contributed by atoms with Gasteiger partial charge in [-0.15, -0.1) is 0 Å². The van der Waals surface area contributed by atoms with Gasteiger partial charge in [0.2, 0.25) is 5.71 Å². The van der Waals surface area contributed by atoms with Gasteiger partial charge in [0, 0.05) is 45.0 Å². The fraction of sp³-hybridized carbons (Fsp3) is 0.409. The number of halogens is 1. The maximum Gasteiger partial charge on any atom is 0.258 e. The average molecular weight is 425 g/mol. The van der Waals surface area contributed by atoms with Crippen LogP contribution in [-0.2, 0) is 4.74 Å². The zero-order chi connectivity index (χ0) is 21.4. The van der Waals surface area contributed by atoms with E-state index in [1.165, 1.54) is 18.5 Å². The van der Waals surface area contributed by atoms with E-state index in [0.29, 0.717) is 74.9 Å². The number of ether oxygens (including phenoxy) is 1. The fourth-order valence-corrected chi connectivity index (χ4v) is 4.28. The number of carbonyl (C=O) groups excluding carboxylic acids is 1. The van der Waals surface area contributed by atoms with E-state index in [1.54, 1.807) is 19.1 Å². The van der Waals surface area contributed by atoms with Gasteiger partial charge >= 0.3 is 0 Å². The van der Waals surface area contributed by atoms with Crippen molar-refractivity contribution in [3.8, 4) is 0 Å². The first-order valence-corrected chi connectivity index (χ1v) is 10.5. The summed E-state index contributed by atoms with van der Waals surface area (Å²) in [5.74, 6) is 0.951. The first-order valence-electron chi connectivity index (χ1n) is 10.5. The molecule has 8 nitrogen and oxygen atoms in total. The topological polar surface area (TPSA) is 74.9 Å². The molecule has 5 rings (SSSR count). The number of fused-ring (bicyclic) bond motifs is 1. The van der Waals surface area contributed by atoms with Crippen LogP contribution < -0.4 is 9.80 Å². The molecule has 0 N–H and O–H groups in total. The Morgan fingerprint density at radius 3 is 2.39 bits per heavy atom. The van der Waals surface area contributed by atoms with Crippen molar-refractivity contribution < 1.29 is 18.3 Å². The Hall–Kier alpha value is -3.20. The van der Waals surface area contributed by atoms with Crippen LogP contribution in [0.5, 0.6) is 0 Å². The lowest BCUT2D eigenvalue weighted by Crippen LogP contribution is -2.49. The zero-order valence-corrected chi connectivity index (χ0v) is 17.4. The highest BCUT2D eigenvalue weighted by molar-refractivity contribution is 6.10.